The summed E-state index contributed by atoms with van der Waals surface area (Å²) in [6.07, 6.45) is 3.32. The minimum atomic E-state index is -0.246. The fourth-order valence-corrected chi connectivity index (χ4v) is 5.14. The van der Waals surface area contributed by atoms with Gasteiger partial charge >= 0.3 is 0 Å². The SMILES string of the molecule is CCCCc1ccc(NC(=O)CSc2nc3c([nH]c4ccccc43)c(=O)n2-c2cccc(Cl)c2)cc1. The average molecular weight is 517 g/mol. The smallest absolute Gasteiger partial charge is 0.283 e. The molecule has 0 unspecified atom stereocenters. The number of halogens is 1. The topological polar surface area (TPSA) is 79.8 Å². The molecule has 2 N–H and O–H groups in total. The lowest BCUT2D eigenvalue weighted by Crippen LogP contribution is -2.23. The van der Waals surface area contributed by atoms with Crippen LogP contribution in [0.15, 0.2) is 82.7 Å². The zero-order chi connectivity index (χ0) is 25.1. The maximum absolute atomic E-state index is 13.6. The summed E-state index contributed by atoms with van der Waals surface area (Å²) in [5.41, 5.74) is 4.17. The van der Waals surface area contributed by atoms with Gasteiger partial charge in [-0.1, -0.05) is 73.1 Å². The summed E-state index contributed by atoms with van der Waals surface area (Å²) in [5, 5.41) is 4.72. The third-order valence-electron chi connectivity index (χ3n) is 5.95. The van der Waals surface area contributed by atoms with Crippen LogP contribution < -0.4 is 10.9 Å². The van der Waals surface area contributed by atoms with Gasteiger partial charge in [-0.3, -0.25) is 14.2 Å². The van der Waals surface area contributed by atoms with Crippen LogP contribution in [0.3, 0.4) is 0 Å². The van der Waals surface area contributed by atoms with E-state index in [4.69, 9.17) is 16.6 Å². The second-order valence-electron chi connectivity index (χ2n) is 8.55. The van der Waals surface area contributed by atoms with E-state index < -0.39 is 0 Å². The van der Waals surface area contributed by atoms with E-state index in [0.29, 0.717) is 26.9 Å². The van der Waals surface area contributed by atoms with E-state index in [1.165, 1.54) is 21.9 Å². The fraction of sp³-hybridized carbons (Fsp3) is 0.179. The van der Waals surface area contributed by atoms with Crippen LogP contribution in [-0.2, 0) is 11.2 Å². The van der Waals surface area contributed by atoms with Gasteiger partial charge in [-0.25, -0.2) is 4.98 Å². The lowest BCUT2D eigenvalue weighted by molar-refractivity contribution is -0.113. The molecule has 3 aromatic carbocycles. The van der Waals surface area contributed by atoms with Gasteiger partial charge in [0.15, 0.2) is 5.16 Å². The van der Waals surface area contributed by atoms with Gasteiger partial charge in [0.25, 0.3) is 5.56 Å². The molecule has 2 aromatic heterocycles. The molecule has 0 saturated carbocycles. The summed E-state index contributed by atoms with van der Waals surface area (Å²) >= 11 is 7.44. The third-order valence-corrected chi connectivity index (χ3v) is 7.12. The number of H-pyrrole nitrogens is 1. The summed E-state index contributed by atoms with van der Waals surface area (Å²) < 4.78 is 1.50. The number of carbonyl (C=O) groups is 1. The highest BCUT2D eigenvalue weighted by molar-refractivity contribution is 7.99. The van der Waals surface area contributed by atoms with Crippen LogP contribution in [0.4, 0.5) is 5.69 Å². The molecule has 0 bridgehead atoms. The molecule has 0 spiro atoms. The molecule has 0 radical (unpaired) electrons. The van der Waals surface area contributed by atoms with Crippen molar-refractivity contribution in [2.24, 2.45) is 0 Å². The number of unbranched alkanes of at least 4 members (excludes halogenated alkanes) is 1. The monoisotopic (exact) mass is 516 g/mol. The van der Waals surface area contributed by atoms with Crippen LogP contribution in [0.2, 0.25) is 5.02 Å². The predicted molar refractivity (Wildman–Crippen MR) is 149 cm³/mol. The summed E-state index contributed by atoms with van der Waals surface area (Å²) in [6, 6.07) is 22.6. The normalized spacial score (nSPS) is 11.3. The first-order chi connectivity index (χ1) is 17.5. The molecule has 1 amide bonds. The number of anilines is 1. The summed E-state index contributed by atoms with van der Waals surface area (Å²) in [5.74, 6) is -0.0782. The summed E-state index contributed by atoms with van der Waals surface area (Å²) in [7, 11) is 0. The van der Waals surface area contributed by atoms with Gasteiger partial charge in [0, 0.05) is 21.6 Å². The number of aromatic nitrogens is 3. The molecule has 0 aliphatic heterocycles. The summed E-state index contributed by atoms with van der Waals surface area (Å²) in [6.45, 7) is 2.17. The number of benzene rings is 3. The molecule has 8 heteroatoms. The summed E-state index contributed by atoms with van der Waals surface area (Å²) in [4.78, 5) is 34.4. The number of thioether (sulfide) groups is 1. The van der Waals surface area contributed by atoms with Gasteiger partial charge in [0.05, 0.1) is 11.4 Å². The number of hydrogen-bond acceptors (Lipinski definition) is 4. The van der Waals surface area contributed by atoms with E-state index in [9.17, 15) is 9.59 Å². The van der Waals surface area contributed by atoms with E-state index in [1.807, 2.05) is 48.5 Å². The number of para-hydroxylation sites is 1. The Kier molecular flexibility index (Phi) is 7.11. The number of amides is 1. The second-order valence-corrected chi connectivity index (χ2v) is 9.93. The molecule has 0 aliphatic carbocycles. The maximum atomic E-state index is 13.6. The van der Waals surface area contributed by atoms with Crippen molar-refractivity contribution in [1.29, 1.82) is 0 Å². The zero-order valence-electron chi connectivity index (χ0n) is 19.8. The van der Waals surface area contributed by atoms with E-state index in [1.54, 1.807) is 24.3 Å². The van der Waals surface area contributed by atoms with Crippen LogP contribution in [0, 0.1) is 0 Å². The number of aromatic amines is 1. The largest absolute Gasteiger partial charge is 0.349 e. The van der Waals surface area contributed by atoms with Gasteiger partial charge in [-0.2, -0.15) is 0 Å². The minimum Gasteiger partial charge on any atom is -0.349 e. The molecule has 5 aromatic rings. The molecule has 0 fully saturated rings. The molecule has 0 aliphatic rings. The average Bonchev–Trinajstić information content (AvgIpc) is 3.26. The third kappa shape index (κ3) is 5.03. The quantitative estimate of drug-likeness (QED) is 0.180. The van der Waals surface area contributed by atoms with E-state index >= 15 is 0 Å². The van der Waals surface area contributed by atoms with Crippen LogP contribution in [0.5, 0.6) is 0 Å². The van der Waals surface area contributed by atoms with E-state index in [2.05, 4.69) is 17.2 Å². The van der Waals surface area contributed by atoms with Crippen molar-refractivity contribution in [2.45, 2.75) is 31.3 Å². The van der Waals surface area contributed by atoms with Crippen molar-refractivity contribution in [3.63, 3.8) is 0 Å². The van der Waals surface area contributed by atoms with E-state index in [0.717, 1.165) is 35.9 Å². The maximum Gasteiger partial charge on any atom is 0.283 e. The first-order valence-electron chi connectivity index (χ1n) is 11.8. The molecule has 6 nitrogen and oxygen atoms in total. The molecule has 5 rings (SSSR count). The standard InChI is InChI=1S/C28H25ClN4O2S/c1-2-3-7-18-12-14-20(15-13-18)30-24(34)17-36-28-32-25-22-10-4-5-11-23(22)31-26(25)27(35)33(28)21-9-6-8-19(29)16-21/h4-6,8-16,31H,2-3,7,17H2,1H3,(H,30,34). The van der Waals surface area contributed by atoms with Crippen molar-refractivity contribution in [2.75, 3.05) is 11.1 Å². The van der Waals surface area contributed by atoms with Crippen molar-refractivity contribution in [3.8, 4) is 5.69 Å². The highest BCUT2D eigenvalue weighted by Gasteiger charge is 2.18. The lowest BCUT2D eigenvalue weighted by atomic mass is 10.1. The van der Waals surface area contributed by atoms with Crippen LogP contribution in [-0.4, -0.2) is 26.2 Å². The molecule has 36 heavy (non-hydrogen) atoms. The van der Waals surface area contributed by atoms with Crippen LogP contribution in [0.25, 0.3) is 27.6 Å². The number of hydrogen-bond donors (Lipinski definition) is 2. The first kappa shape index (κ1) is 24.2. The van der Waals surface area contributed by atoms with Crippen molar-refractivity contribution in [1.82, 2.24) is 14.5 Å². The fourth-order valence-electron chi connectivity index (χ4n) is 4.14. The predicted octanol–water partition coefficient (Wildman–Crippen LogP) is 6.59. The Morgan fingerprint density at radius 3 is 2.67 bits per heavy atom. The Balaban J connectivity index is 1.45. The Bertz CT molecular complexity index is 1610. The number of carbonyl (C=O) groups excluding carboxylic acids is 1. The van der Waals surface area contributed by atoms with Crippen LogP contribution in [0.1, 0.15) is 25.3 Å². The number of fused-ring (bicyclic) bond motifs is 3. The van der Waals surface area contributed by atoms with Crippen LogP contribution >= 0.6 is 23.4 Å². The first-order valence-corrected chi connectivity index (χ1v) is 13.2. The molecule has 0 saturated heterocycles. The van der Waals surface area contributed by atoms with Crippen molar-refractivity contribution < 1.29 is 4.79 Å². The molecule has 2 heterocycles. The van der Waals surface area contributed by atoms with Gasteiger partial charge in [-0.15, -0.1) is 0 Å². The Labute approximate surface area is 217 Å². The van der Waals surface area contributed by atoms with Crippen molar-refractivity contribution in [3.05, 3.63) is 93.7 Å². The van der Waals surface area contributed by atoms with Gasteiger partial charge in [0.2, 0.25) is 5.91 Å². The van der Waals surface area contributed by atoms with Crippen molar-refractivity contribution >= 4 is 56.9 Å². The Hall–Kier alpha value is -3.55. The molecular formula is C28H25ClN4O2S. The van der Waals surface area contributed by atoms with Gasteiger partial charge in [-0.05, 0) is 54.8 Å². The number of rotatable bonds is 8. The Morgan fingerprint density at radius 2 is 1.89 bits per heavy atom. The Morgan fingerprint density at radius 1 is 1.08 bits per heavy atom. The lowest BCUT2D eigenvalue weighted by Gasteiger charge is -2.12. The highest BCUT2D eigenvalue weighted by Crippen LogP contribution is 2.27. The highest BCUT2D eigenvalue weighted by atomic mass is 35.5. The van der Waals surface area contributed by atoms with Gasteiger partial charge < -0.3 is 10.3 Å². The van der Waals surface area contributed by atoms with E-state index in [-0.39, 0.29) is 17.2 Å². The molecular weight excluding hydrogens is 492 g/mol. The second kappa shape index (κ2) is 10.6. The zero-order valence-corrected chi connectivity index (χ0v) is 21.3. The number of nitrogens with one attached hydrogen (secondary N) is 2. The molecule has 0 atom stereocenters. The minimum absolute atomic E-state index is 0.0957. The molecule has 182 valence electrons. The van der Waals surface area contributed by atoms with Gasteiger partial charge in [0.1, 0.15) is 11.0 Å². The number of nitrogens with zero attached hydrogens (tertiary/aromatic N) is 2. The number of aryl methyl sites for hydroxylation is 1.